The van der Waals surface area contributed by atoms with Gasteiger partial charge in [-0.1, -0.05) is 13.0 Å². The third-order valence-corrected chi connectivity index (χ3v) is 5.87. The molecule has 0 aliphatic carbocycles. The van der Waals surface area contributed by atoms with Crippen molar-refractivity contribution in [2.75, 3.05) is 38.5 Å². The molecule has 3 N–H and O–H groups in total. The molecule has 1 aliphatic rings. The van der Waals surface area contributed by atoms with E-state index in [-0.39, 0.29) is 10.8 Å². The first kappa shape index (κ1) is 17.9. The van der Waals surface area contributed by atoms with E-state index in [0.717, 1.165) is 0 Å². The Labute approximate surface area is 137 Å². The van der Waals surface area contributed by atoms with Gasteiger partial charge in [0.1, 0.15) is 0 Å². The Kier molecular flexibility index (Phi) is 5.74. The third kappa shape index (κ3) is 4.29. The van der Waals surface area contributed by atoms with Crippen molar-refractivity contribution in [3.05, 3.63) is 24.3 Å². The second-order valence-electron chi connectivity index (χ2n) is 5.74. The Hall–Kier alpha value is -1.48. The number of likely N-dealkylation sites (N-methyl/N-ethyl adjacent to an activating group) is 1. The van der Waals surface area contributed by atoms with Gasteiger partial charge in [0.2, 0.25) is 15.9 Å². The van der Waals surface area contributed by atoms with E-state index in [4.69, 9.17) is 5.73 Å². The number of carbonyl (C=O) groups is 1. The van der Waals surface area contributed by atoms with E-state index in [1.165, 1.54) is 10.4 Å². The monoisotopic (exact) mass is 340 g/mol. The molecule has 1 saturated heterocycles. The highest BCUT2D eigenvalue weighted by Crippen LogP contribution is 2.21. The van der Waals surface area contributed by atoms with E-state index in [0.29, 0.717) is 38.3 Å². The van der Waals surface area contributed by atoms with Gasteiger partial charge in [-0.05, 0) is 31.7 Å². The number of nitrogens with zero attached hydrogens (tertiary/aromatic N) is 2. The van der Waals surface area contributed by atoms with Crippen LogP contribution in [0.25, 0.3) is 0 Å². The van der Waals surface area contributed by atoms with E-state index < -0.39 is 16.1 Å². The van der Waals surface area contributed by atoms with Gasteiger partial charge in [-0.15, -0.1) is 0 Å². The number of carbonyl (C=O) groups excluding carboxylic acids is 1. The minimum absolute atomic E-state index is 0.185. The fourth-order valence-corrected chi connectivity index (χ4v) is 3.80. The average Bonchev–Trinajstić information content (AvgIpc) is 2.54. The van der Waals surface area contributed by atoms with Crippen LogP contribution < -0.4 is 11.1 Å². The Bertz CT molecular complexity index is 654. The van der Waals surface area contributed by atoms with Crippen LogP contribution in [0.1, 0.15) is 13.3 Å². The number of anilines is 1. The number of amides is 1. The summed E-state index contributed by atoms with van der Waals surface area (Å²) in [6, 6.07) is 5.70. The number of hydrogen-bond donors (Lipinski definition) is 2. The maximum Gasteiger partial charge on any atom is 0.243 e. The van der Waals surface area contributed by atoms with Crippen LogP contribution in [0.15, 0.2) is 29.2 Å². The predicted molar refractivity (Wildman–Crippen MR) is 89.6 cm³/mol. The van der Waals surface area contributed by atoms with E-state index in [1.54, 1.807) is 18.2 Å². The van der Waals surface area contributed by atoms with Gasteiger partial charge < -0.3 is 16.0 Å². The van der Waals surface area contributed by atoms with Gasteiger partial charge in [-0.3, -0.25) is 4.79 Å². The van der Waals surface area contributed by atoms with Crippen LogP contribution in [-0.4, -0.2) is 62.8 Å². The van der Waals surface area contributed by atoms with Crippen LogP contribution in [0.4, 0.5) is 5.69 Å². The molecule has 0 aromatic heterocycles. The third-order valence-electron chi connectivity index (χ3n) is 3.98. The quantitative estimate of drug-likeness (QED) is 0.804. The number of benzene rings is 1. The van der Waals surface area contributed by atoms with Gasteiger partial charge in [0.05, 0.1) is 10.9 Å². The molecular formula is C15H24N4O3S. The Morgan fingerprint density at radius 1 is 1.30 bits per heavy atom. The molecule has 1 amide bonds. The van der Waals surface area contributed by atoms with Crippen molar-refractivity contribution < 1.29 is 13.2 Å². The van der Waals surface area contributed by atoms with Crippen LogP contribution >= 0.6 is 0 Å². The molecular weight excluding hydrogens is 316 g/mol. The molecule has 0 unspecified atom stereocenters. The predicted octanol–water partition coefficient (Wildman–Crippen LogP) is 0.299. The summed E-state index contributed by atoms with van der Waals surface area (Å²) in [5.74, 6) is -0.318. The van der Waals surface area contributed by atoms with Crippen molar-refractivity contribution >= 4 is 21.6 Å². The Balaban J connectivity index is 2.17. The van der Waals surface area contributed by atoms with Crippen molar-refractivity contribution in [1.82, 2.24) is 9.21 Å². The molecule has 128 valence electrons. The molecule has 1 fully saturated rings. The molecule has 1 aliphatic heterocycles. The topological polar surface area (TPSA) is 95.7 Å². The van der Waals surface area contributed by atoms with Crippen LogP contribution in [0.2, 0.25) is 0 Å². The summed E-state index contributed by atoms with van der Waals surface area (Å²) in [5.41, 5.74) is 6.11. The smallest absolute Gasteiger partial charge is 0.243 e. The van der Waals surface area contributed by atoms with Gasteiger partial charge in [0.25, 0.3) is 0 Å². The zero-order valence-corrected chi connectivity index (χ0v) is 14.3. The molecule has 0 radical (unpaired) electrons. The fraction of sp³-hybridized carbons (Fsp3) is 0.533. The maximum atomic E-state index is 12.7. The van der Waals surface area contributed by atoms with Gasteiger partial charge in [-0.25, -0.2) is 8.42 Å². The SMILES string of the molecule is CC[C@H](N)C(=O)Nc1cccc(S(=O)(=O)N2CCN(C)CC2)c1. The van der Waals surface area contributed by atoms with Crippen LogP contribution in [0.5, 0.6) is 0 Å². The summed E-state index contributed by atoms with van der Waals surface area (Å²) in [7, 11) is -1.58. The van der Waals surface area contributed by atoms with Crippen molar-refractivity contribution in [1.29, 1.82) is 0 Å². The lowest BCUT2D eigenvalue weighted by Gasteiger charge is -2.31. The summed E-state index contributed by atoms with van der Waals surface area (Å²) in [6.45, 7) is 4.17. The summed E-state index contributed by atoms with van der Waals surface area (Å²) in [5, 5.41) is 2.66. The number of sulfonamides is 1. The normalized spacial score (nSPS) is 18.6. The van der Waals surface area contributed by atoms with Crippen LogP contribution in [0, 0.1) is 0 Å². The Morgan fingerprint density at radius 3 is 2.57 bits per heavy atom. The lowest BCUT2D eigenvalue weighted by molar-refractivity contribution is -0.117. The molecule has 2 rings (SSSR count). The van der Waals surface area contributed by atoms with Crippen molar-refractivity contribution in [3.63, 3.8) is 0 Å². The Morgan fingerprint density at radius 2 is 1.96 bits per heavy atom. The number of nitrogens with one attached hydrogen (secondary N) is 1. The number of piperazine rings is 1. The highest BCUT2D eigenvalue weighted by Gasteiger charge is 2.27. The molecule has 7 nitrogen and oxygen atoms in total. The zero-order valence-electron chi connectivity index (χ0n) is 13.5. The summed E-state index contributed by atoms with van der Waals surface area (Å²) in [6.07, 6.45) is 0.519. The molecule has 1 aromatic carbocycles. The lowest BCUT2D eigenvalue weighted by Crippen LogP contribution is -2.47. The molecule has 0 bridgehead atoms. The largest absolute Gasteiger partial charge is 0.325 e. The van der Waals surface area contributed by atoms with Crippen LogP contribution in [-0.2, 0) is 14.8 Å². The molecule has 0 saturated carbocycles. The molecule has 8 heteroatoms. The van der Waals surface area contributed by atoms with Gasteiger partial charge >= 0.3 is 0 Å². The number of hydrogen-bond acceptors (Lipinski definition) is 5. The van der Waals surface area contributed by atoms with Crippen LogP contribution in [0.3, 0.4) is 0 Å². The molecule has 1 atom stereocenters. The van der Waals surface area contributed by atoms with Gasteiger partial charge in [0.15, 0.2) is 0 Å². The maximum absolute atomic E-state index is 12.7. The van der Waals surface area contributed by atoms with Gasteiger partial charge in [-0.2, -0.15) is 4.31 Å². The number of rotatable bonds is 5. The summed E-state index contributed by atoms with van der Waals surface area (Å²) in [4.78, 5) is 14.1. The minimum Gasteiger partial charge on any atom is -0.325 e. The highest BCUT2D eigenvalue weighted by atomic mass is 32.2. The first-order valence-corrected chi connectivity index (χ1v) is 9.14. The van der Waals surface area contributed by atoms with E-state index in [2.05, 4.69) is 10.2 Å². The second-order valence-corrected chi connectivity index (χ2v) is 7.68. The molecule has 0 spiro atoms. The minimum atomic E-state index is -3.55. The molecule has 23 heavy (non-hydrogen) atoms. The van der Waals surface area contributed by atoms with Crippen molar-refractivity contribution in [2.45, 2.75) is 24.3 Å². The summed E-state index contributed by atoms with van der Waals surface area (Å²) < 4.78 is 26.9. The number of nitrogens with two attached hydrogens (primary N) is 1. The van der Waals surface area contributed by atoms with E-state index in [1.807, 2.05) is 14.0 Å². The second kappa shape index (κ2) is 7.39. The first-order chi connectivity index (χ1) is 10.8. The first-order valence-electron chi connectivity index (χ1n) is 7.70. The zero-order chi connectivity index (χ0) is 17.0. The standard InChI is InChI=1S/C15H24N4O3S/c1-3-14(16)15(20)17-12-5-4-6-13(11-12)23(21,22)19-9-7-18(2)8-10-19/h4-6,11,14H,3,7-10,16H2,1-2H3,(H,17,20)/t14-/m0/s1. The molecule has 1 aromatic rings. The van der Waals surface area contributed by atoms with Crippen molar-refractivity contribution in [3.8, 4) is 0 Å². The highest BCUT2D eigenvalue weighted by molar-refractivity contribution is 7.89. The summed E-state index contributed by atoms with van der Waals surface area (Å²) >= 11 is 0. The molecule has 1 heterocycles. The van der Waals surface area contributed by atoms with Crippen molar-refractivity contribution in [2.24, 2.45) is 5.73 Å². The lowest BCUT2D eigenvalue weighted by atomic mass is 10.2. The fourth-order valence-electron chi connectivity index (χ4n) is 2.33. The average molecular weight is 340 g/mol. The van der Waals surface area contributed by atoms with Gasteiger partial charge in [0, 0.05) is 31.9 Å². The van der Waals surface area contributed by atoms with E-state index >= 15 is 0 Å². The van der Waals surface area contributed by atoms with E-state index in [9.17, 15) is 13.2 Å².